The van der Waals surface area contributed by atoms with Gasteiger partial charge in [0.2, 0.25) is 0 Å². The number of nitriles is 2. The van der Waals surface area contributed by atoms with Crippen LogP contribution in [-0.4, -0.2) is 13.7 Å². The van der Waals surface area contributed by atoms with E-state index in [0.717, 1.165) is 82.8 Å². The maximum Gasteiger partial charge on any atom is 0.102 e. The monoisotopic (exact) mass is 699 g/mol. The summed E-state index contributed by atoms with van der Waals surface area (Å²) in [7, 11) is 0. The lowest BCUT2D eigenvalue weighted by molar-refractivity contribution is 1.12. The van der Waals surface area contributed by atoms with Crippen molar-refractivity contribution in [2.45, 2.75) is 0 Å². The summed E-state index contributed by atoms with van der Waals surface area (Å²) in [5.41, 5.74) is 12.2. The number of rotatable bonds is 4. The summed E-state index contributed by atoms with van der Waals surface area (Å²) in [5.74, 6) is 0. The topological polar surface area (TPSA) is 62.4 Å². The first-order valence-electron chi connectivity index (χ1n) is 18.3. The van der Waals surface area contributed by atoms with Crippen LogP contribution in [0.15, 0.2) is 176 Å². The molecule has 0 unspecified atom stereocenters. The Hall–Kier alpha value is -7.86. The Labute approximate surface area is 316 Å². The number of nitrogens with zero attached hydrogens (tertiary/aromatic N) is 5. The summed E-state index contributed by atoms with van der Waals surface area (Å²) in [4.78, 5) is 0. The minimum absolute atomic E-state index is 0.585. The van der Waals surface area contributed by atoms with Crippen LogP contribution in [0.1, 0.15) is 11.1 Å². The average Bonchev–Trinajstić information content (AvgIpc) is 3.89. The molecule has 0 saturated heterocycles. The molecule has 0 fully saturated rings. The molecule has 5 heteroatoms. The molecule has 0 N–H and O–H groups in total. The maximum atomic E-state index is 11.3. The zero-order chi connectivity index (χ0) is 36.6. The Morgan fingerprint density at radius 1 is 0.327 bits per heavy atom. The fourth-order valence-electron chi connectivity index (χ4n) is 8.88. The second-order valence-electron chi connectivity index (χ2n) is 13.9. The first kappa shape index (κ1) is 30.7. The van der Waals surface area contributed by atoms with Gasteiger partial charge in [0.05, 0.1) is 67.4 Å². The number of hydrogen-bond donors (Lipinski definition) is 0. The Bertz CT molecular complexity index is 3420. The van der Waals surface area contributed by atoms with E-state index in [0.29, 0.717) is 11.1 Å². The first-order chi connectivity index (χ1) is 27.2. The Morgan fingerprint density at radius 2 is 0.782 bits per heavy atom. The Kier molecular flexibility index (Phi) is 6.61. The Balaban J connectivity index is 1.22. The van der Waals surface area contributed by atoms with Gasteiger partial charge in [-0.25, -0.2) is 0 Å². The van der Waals surface area contributed by atoms with Gasteiger partial charge in [-0.15, -0.1) is 0 Å². The van der Waals surface area contributed by atoms with Crippen molar-refractivity contribution in [3.05, 3.63) is 187 Å². The summed E-state index contributed by atoms with van der Waals surface area (Å²) in [5, 5.41) is 27.7. The van der Waals surface area contributed by atoms with Crippen LogP contribution in [0.5, 0.6) is 0 Å². The highest BCUT2D eigenvalue weighted by molar-refractivity contribution is 6.15. The molecule has 0 radical (unpaired) electrons. The molecule has 0 aliphatic rings. The second-order valence-corrected chi connectivity index (χ2v) is 13.9. The highest BCUT2D eigenvalue weighted by atomic mass is 15.1. The second kappa shape index (κ2) is 11.8. The lowest BCUT2D eigenvalue weighted by atomic mass is 9.96. The minimum Gasteiger partial charge on any atom is -0.309 e. The number of fused-ring (bicyclic) bond motifs is 9. The van der Waals surface area contributed by atoms with E-state index in [2.05, 4.69) is 159 Å². The van der Waals surface area contributed by atoms with Gasteiger partial charge in [0.1, 0.15) is 6.07 Å². The Morgan fingerprint density at radius 3 is 1.44 bits per heavy atom. The molecule has 0 atom stereocenters. The van der Waals surface area contributed by atoms with Crippen LogP contribution in [0.4, 0.5) is 0 Å². The van der Waals surface area contributed by atoms with Crippen LogP contribution >= 0.6 is 0 Å². The SMILES string of the molecule is N#Cc1ccc2c(c1)c1ccccc1n2-c1ccccc1-c1cccc(-n2c3ccccc3c3cccc(-n4c5ccccc5c5ccccc54)c32)c1C#N. The van der Waals surface area contributed by atoms with Crippen molar-refractivity contribution in [1.82, 2.24) is 13.7 Å². The standard InChI is InChI=1S/C50H29N5/c51-30-32-27-28-48-40(29-32)38-17-5-9-23-45(38)53(48)42-20-6-1-13-34(42)33-18-11-25-47(41(33)31-52)55-46-24-10-4-16-37(46)39-19-12-26-49(50(39)55)54-43-21-7-2-14-35(43)36-15-3-8-22-44(36)54/h1-29H. The van der Waals surface area contributed by atoms with E-state index in [1.165, 1.54) is 10.8 Å². The zero-order valence-electron chi connectivity index (χ0n) is 29.5. The van der Waals surface area contributed by atoms with Gasteiger partial charge in [-0.1, -0.05) is 115 Å². The molecule has 5 nitrogen and oxygen atoms in total. The van der Waals surface area contributed by atoms with Crippen molar-refractivity contribution in [2.75, 3.05) is 0 Å². The predicted octanol–water partition coefficient (Wildman–Crippen LogP) is 12.4. The smallest absolute Gasteiger partial charge is 0.102 e. The quantitative estimate of drug-likeness (QED) is 0.184. The van der Waals surface area contributed by atoms with Crippen LogP contribution in [-0.2, 0) is 0 Å². The molecule has 55 heavy (non-hydrogen) atoms. The van der Waals surface area contributed by atoms with Gasteiger partial charge in [-0.2, -0.15) is 10.5 Å². The summed E-state index contributed by atoms with van der Waals surface area (Å²) in [6.45, 7) is 0. The van der Waals surface area contributed by atoms with E-state index < -0.39 is 0 Å². The number of benzene rings is 8. The van der Waals surface area contributed by atoms with Gasteiger partial charge in [0.15, 0.2) is 0 Å². The molecule has 0 amide bonds. The first-order valence-corrected chi connectivity index (χ1v) is 18.3. The van der Waals surface area contributed by atoms with Gasteiger partial charge >= 0.3 is 0 Å². The summed E-state index contributed by atoms with van der Waals surface area (Å²) >= 11 is 0. The highest BCUT2D eigenvalue weighted by Crippen LogP contribution is 2.43. The molecule has 0 saturated carbocycles. The van der Waals surface area contributed by atoms with Crippen molar-refractivity contribution in [3.8, 4) is 40.3 Å². The van der Waals surface area contributed by atoms with Crippen molar-refractivity contribution in [2.24, 2.45) is 0 Å². The van der Waals surface area contributed by atoms with Crippen LogP contribution in [0.2, 0.25) is 0 Å². The molecule has 11 aromatic rings. The third-order valence-corrected chi connectivity index (χ3v) is 11.1. The molecule has 3 aromatic heterocycles. The van der Waals surface area contributed by atoms with Crippen molar-refractivity contribution in [3.63, 3.8) is 0 Å². The molecule has 11 rings (SSSR count). The van der Waals surface area contributed by atoms with Gasteiger partial charge in [-0.05, 0) is 60.7 Å². The van der Waals surface area contributed by atoms with Crippen LogP contribution in [0.25, 0.3) is 93.6 Å². The molecule has 0 spiro atoms. The zero-order valence-corrected chi connectivity index (χ0v) is 29.5. The van der Waals surface area contributed by atoms with Crippen molar-refractivity contribution >= 4 is 65.4 Å². The molecule has 0 aliphatic carbocycles. The molecular weight excluding hydrogens is 671 g/mol. The summed E-state index contributed by atoms with van der Waals surface area (Å²) in [6, 6.07) is 65.9. The average molecular weight is 700 g/mol. The van der Waals surface area contributed by atoms with Gasteiger partial charge in [0.25, 0.3) is 0 Å². The van der Waals surface area contributed by atoms with E-state index in [1.807, 2.05) is 42.5 Å². The van der Waals surface area contributed by atoms with Crippen molar-refractivity contribution in [1.29, 1.82) is 10.5 Å². The number of hydrogen-bond acceptors (Lipinski definition) is 2. The van der Waals surface area contributed by atoms with Gasteiger partial charge < -0.3 is 13.7 Å². The lowest BCUT2D eigenvalue weighted by Gasteiger charge is -2.18. The molecule has 3 heterocycles. The molecule has 0 bridgehead atoms. The minimum atomic E-state index is 0.585. The van der Waals surface area contributed by atoms with E-state index in [4.69, 9.17) is 0 Å². The van der Waals surface area contributed by atoms with Crippen LogP contribution in [0.3, 0.4) is 0 Å². The third kappa shape index (κ3) is 4.33. The van der Waals surface area contributed by atoms with Gasteiger partial charge in [0, 0.05) is 43.4 Å². The van der Waals surface area contributed by atoms with Crippen LogP contribution < -0.4 is 0 Å². The van der Waals surface area contributed by atoms with Crippen LogP contribution in [0, 0.1) is 22.7 Å². The fourth-order valence-corrected chi connectivity index (χ4v) is 8.88. The van der Waals surface area contributed by atoms with E-state index >= 15 is 0 Å². The highest BCUT2D eigenvalue weighted by Gasteiger charge is 2.23. The van der Waals surface area contributed by atoms with Gasteiger partial charge in [-0.3, -0.25) is 0 Å². The lowest BCUT2D eigenvalue weighted by Crippen LogP contribution is -2.04. The molecular formula is C50H29N5. The van der Waals surface area contributed by atoms with E-state index in [-0.39, 0.29) is 0 Å². The maximum absolute atomic E-state index is 11.3. The summed E-state index contributed by atoms with van der Waals surface area (Å²) < 4.78 is 6.92. The normalized spacial score (nSPS) is 11.6. The third-order valence-electron chi connectivity index (χ3n) is 11.1. The molecule has 0 aliphatic heterocycles. The van der Waals surface area contributed by atoms with Crippen molar-refractivity contribution < 1.29 is 0 Å². The molecule has 8 aromatic carbocycles. The molecule has 254 valence electrons. The largest absolute Gasteiger partial charge is 0.309 e. The number of aromatic nitrogens is 3. The van der Waals surface area contributed by atoms with E-state index in [9.17, 15) is 10.5 Å². The fraction of sp³-hybridized carbons (Fsp3) is 0. The van der Waals surface area contributed by atoms with E-state index in [1.54, 1.807) is 0 Å². The summed E-state index contributed by atoms with van der Waals surface area (Å²) in [6.07, 6.45) is 0. The number of para-hydroxylation sites is 6. The predicted molar refractivity (Wildman–Crippen MR) is 224 cm³/mol.